The molecule has 2 aromatic rings. The number of hydrogen-bond acceptors (Lipinski definition) is 4. The Kier molecular flexibility index (Phi) is 6.07. The van der Waals surface area contributed by atoms with Gasteiger partial charge in [-0.2, -0.15) is 13.2 Å². The fourth-order valence-corrected chi connectivity index (χ4v) is 2.24. The molecule has 0 bridgehead atoms. The Morgan fingerprint density at radius 1 is 1.12 bits per heavy atom. The van der Waals surface area contributed by atoms with Gasteiger partial charge in [0.2, 0.25) is 0 Å². The molecule has 4 nitrogen and oxygen atoms in total. The van der Waals surface area contributed by atoms with Crippen LogP contribution in [0.2, 0.25) is 0 Å². The van der Waals surface area contributed by atoms with Crippen molar-refractivity contribution in [1.82, 2.24) is 0 Å². The molecule has 26 heavy (non-hydrogen) atoms. The molecule has 0 aliphatic heterocycles. The van der Waals surface area contributed by atoms with E-state index in [9.17, 15) is 22.4 Å². The lowest BCUT2D eigenvalue weighted by molar-refractivity contribution is -0.138. The maximum absolute atomic E-state index is 14.0. The van der Waals surface area contributed by atoms with Crippen LogP contribution in [0.4, 0.5) is 22.4 Å². The normalized spacial score (nSPS) is 11.2. The number of aryl methyl sites for hydroxylation is 1. The molecule has 0 saturated heterocycles. The number of benzene rings is 2. The van der Waals surface area contributed by atoms with Gasteiger partial charge in [0.25, 0.3) is 0 Å². The van der Waals surface area contributed by atoms with Gasteiger partial charge in [-0.1, -0.05) is 19.1 Å². The number of halogens is 4. The van der Waals surface area contributed by atoms with Crippen molar-refractivity contribution < 1.29 is 36.6 Å². The van der Waals surface area contributed by atoms with Crippen molar-refractivity contribution in [2.75, 3.05) is 7.11 Å². The van der Waals surface area contributed by atoms with Crippen molar-refractivity contribution in [3.63, 3.8) is 0 Å². The summed E-state index contributed by atoms with van der Waals surface area (Å²) in [6.07, 6.45) is -5.28. The highest BCUT2D eigenvalue weighted by molar-refractivity contribution is 5.64. The maximum Gasteiger partial charge on any atom is 0.513 e. The third kappa shape index (κ3) is 4.65. The molecule has 0 atom stereocenters. The van der Waals surface area contributed by atoms with Crippen molar-refractivity contribution in [1.29, 1.82) is 0 Å². The van der Waals surface area contributed by atoms with Gasteiger partial charge < -0.3 is 14.2 Å². The minimum Gasteiger partial charge on any atom is -0.486 e. The summed E-state index contributed by atoms with van der Waals surface area (Å²) in [5.41, 5.74) is -0.769. The van der Waals surface area contributed by atoms with Crippen LogP contribution in [0.3, 0.4) is 0 Å². The average Bonchev–Trinajstić information content (AvgIpc) is 2.60. The Bertz CT molecular complexity index is 787. The van der Waals surface area contributed by atoms with Gasteiger partial charge in [-0.05, 0) is 36.2 Å². The first-order valence-electron chi connectivity index (χ1n) is 7.62. The van der Waals surface area contributed by atoms with Gasteiger partial charge in [0.15, 0.2) is 11.6 Å². The highest BCUT2D eigenvalue weighted by atomic mass is 19.4. The molecule has 0 spiro atoms. The summed E-state index contributed by atoms with van der Waals surface area (Å²) in [7, 11) is 1.02. The fraction of sp³-hybridized carbons (Fsp3) is 0.278. The molecule has 0 heterocycles. The van der Waals surface area contributed by atoms with Crippen LogP contribution in [0.5, 0.6) is 11.5 Å². The number of methoxy groups -OCH3 is 1. The third-order valence-electron chi connectivity index (χ3n) is 3.57. The lowest BCUT2D eigenvalue weighted by Gasteiger charge is -2.17. The standard InChI is InChI=1S/C18H16F4O4/c1-3-11-7-8-16(14(19)9-11)25-10-12-13(18(20,21)22)5-4-6-15(12)26-17(23)24-2/h4-9H,3,10H2,1-2H3. The van der Waals surface area contributed by atoms with Crippen LogP contribution in [0.25, 0.3) is 0 Å². The quantitative estimate of drug-likeness (QED) is 0.415. The Balaban J connectivity index is 2.35. The molecule has 8 heteroatoms. The van der Waals surface area contributed by atoms with Gasteiger partial charge in [0, 0.05) is 5.56 Å². The third-order valence-corrected chi connectivity index (χ3v) is 3.57. The lowest BCUT2D eigenvalue weighted by Crippen LogP contribution is -2.15. The predicted molar refractivity (Wildman–Crippen MR) is 84.6 cm³/mol. The number of alkyl halides is 3. The smallest absolute Gasteiger partial charge is 0.486 e. The van der Waals surface area contributed by atoms with Gasteiger partial charge >= 0.3 is 12.3 Å². The van der Waals surface area contributed by atoms with Crippen LogP contribution in [0, 0.1) is 5.82 Å². The van der Waals surface area contributed by atoms with Crippen molar-refractivity contribution in [2.24, 2.45) is 0 Å². The zero-order valence-electron chi connectivity index (χ0n) is 14.0. The zero-order valence-corrected chi connectivity index (χ0v) is 14.0. The van der Waals surface area contributed by atoms with E-state index in [1.807, 2.05) is 6.92 Å². The van der Waals surface area contributed by atoms with Crippen molar-refractivity contribution >= 4 is 6.16 Å². The van der Waals surface area contributed by atoms with E-state index in [1.54, 1.807) is 6.07 Å². The Hall–Kier alpha value is -2.77. The summed E-state index contributed by atoms with van der Waals surface area (Å²) in [5, 5.41) is 0. The lowest BCUT2D eigenvalue weighted by atomic mass is 10.1. The van der Waals surface area contributed by atoms with Gasteiger partial charge in [-0.15, -0.1) is 0 Å². The number of hydrogen-bond donors (Lipinski definition) is 0. The van der Waals surface area contributed by atoms with Crippen LogP contribution in [-0.2, 0) is 23.9 Å². The van der Waals surface area contributed by atoms with Gasteiger partial charge in [0.05, 0.1) is 12.7 Å². The van der Waals surface area contributed by atoms with E-state index in [4.69, 9.17) is 9.47 Å². The number of ether oxygens (including phenoxy) is 3. The first kappa shape index (κ1) is 19.6. The molecule has 0 aliphatic carbocycles. The van der Waals surface area contributed by atoms with E-state index in [0.29, 0.717) is 6.42 Å². The molecule has 140 valence electrons. The van der Waals surface area contributed by atoms with Gasteiger partial charge in [0.1, 0.15) is 12.4 Å². The molecule has 0 fully saturated rings. The van der Waals surface area contributed by atoms with Gasteiger partial charge in [-0.25, -0.2) is 9.18 Å². The summed E-state index contributed by atoms with van der Waals surface area (Å²) in [5.74, 6) is -1.27. The number of carbonyl (C=O) groups is 1. The minimum atomic E-state index is -4.71. The first-order chi connectivity index (χ1) is 12.3. The van der Waals surface area contributed by atoms with E-state index in [1.165, 1.54) is 18.2 Å². The van der Waals surface area contributed by atoms with Crippen LogP contribution in [-0.4, -0.2) is 13.3 Å². The van der Waals surface area contributed by atoms with E-state index < -0.39 is 35.9 Å². The summed E-state index contributed by atoms with van der Waals surface area (Å²) in [4.78, 5) is 11.3. The van der Waals surface area contributed by atoms with E-state index in [0.717, 1.165) is 24.8 Å². The maximum atomic E-state index is 14.0. The average molecular weight is 372 g/mol. The number of carbonyl (C=O) groups excluding carboxylic acids is 1. The molecule has 0 unspecified atom stereocenters. The molecule has 0 N–H and O–H groups in total. The zero-order chi connectivity index (χ0) is 19.3. The summed E-state index contributed by atoms with van der Waals surface area (Å²) in [6.45, 7) is 1.19. The molecule has 2 rings (SSSR count). The van der Waals surface area contributed by atoms with E-state index in [-0.39, 0.29) is 11.5 Å². The largest absolute Gasteiger partial charge is 0.513 e. The van der Waals surface area contributed by atoms with Crippen LogP contribution in [0.1, 0.15) is 23.6 Å². The Labute approximate surface area is 147 Å². The molecular formula is C18H16F4O4. The summed E-state index contributed by atoms with van der Waals surface area (Å²) in [6, 6.07) is 7.27. The van der Waals surface area contributed by atoms with Crippen LogP contribution >= 0.6 is 0 Å². The van der Waals surface area contributed by atoms with Gasteiger partial charge in [-0.3, -0.25) is 0 Å². The predicted octanol–water partition coefficient (Wildman–Crippen LogP) is 5.13. The van der Waals surface area contributed by atoms with E-state index in [2.05, 4.69) is 4.74 Å². The fourth-order valence-electron chi connectivity index (χ4n) is 2.24. The molecule has 0 amide bonds. The monoisotopic (exact) mass is 372 g/mol. The molecular weight excluding hydrogens is 356 g/mol. The SMILES string of the molecule is CCc1ccc(OCc2c(OC(=O)OC)cccc2C(F)(F)F)c(F)c1. The minimum absolute atomic E-state index is 0.205. The second-order valence-corrected chi connectivity index (χ2v) is 5.24. The summed E-state index contributed by atoms with van der Waals surface area (Å²) < 4.78 is 68.0. The molecule has 0 radical (unpaired) electrons. The summed E-state index contributed by atoms with van der Waals surface area (Å²) >= 11 is 0. The highest BCUT2D eigenvalue weighted by Crippen LogP contribution is 2.37. The Morgan fingerprint density at radius 3 is 2.42 bits per heavy atom. The topological polar surface area (TPSA) is 44.8 Å². The Morgan fingerprint density at radius 2 is 1.85 bits per heavy atom. The highest BCUT2D eigenvalue weighted by Gasteiger charge is 2.35. The molecule has 0 aromatic heterocycles. The van der Waals surface area contributed by atoms with Crippen molar-refractivity contribution in [3.05, 3.63) is 58.9 Å². The second-order valence-electron chi connectivity index (χ2n) is 5.24. The van der Waals surface area contributed by atoms with Crippen LogP contribution < -0.4 is 9.47 Å². The molecule has 2 aromatic carbocycles. The van der Waals surface area contributed by atoms with E-state index >= 15 is 0 Å². The number of rotatable bonds is 5. The van der Waals surface area contributed by atoms with Crippen LogP contribution in [0.15, 0.2) is 36.4 Å². The molecule has 0 aliphatic rings. The van der Waals surface area contributed by atoms with Crippen molar-refractivity contribution in [3.8, 4) is 11.5 Å². The van der Waals surface area contributed by atoms with Crippen molar-refractivity contribution in [2.45, 2.75) is 26.1 Å². The molecule has 0 saturated carbocycles. The first-order valence-corrected chi connectivity index (χ1v) is 7.62. The second kappa shape index (κ2) is 8.07.